The van der Waals surface area contributed by atoms with Crippen molar-refractivity contribution in [2.45, 2.75) is 25.7 Å². The van der Waals surface area contributed by atoms with Crippen molar-refractivity contribution in [3.8, 4) is 0 Å². The van der Waals surface area contributed by atoms with Gasteiger partial charge in [0, 0.05) is 36.7 Å². The molecule has 26 heavy (non-hydrogen) atoms. The number of H-pyrrole nitrogens is 1. The average Bonchev–Trinajstić information content (AvgIpc) is 3.06. The lowest BCUT2D eigenvalue weighted by Crippen LogP contribution is -2.42. The predicted molar refractivity (Wildman–Crippen MR) is 105 cm³/mol. The molecule has 0 unspecified atom stereocenters. The number of hydrogen-bond acceptors (Lipinski definition) is 4. The minimum Gasteiger partial charge on any atom is -0.395 e. The lowest BCUT2D eigenvalue weighted by molar-refractivity contribution is 0.200. The van der Waals surface area contributed by atoms with E-state index < -0.39 is 10.0 Å². The maximum atomic E-state index is 12.1. The van der Waals surface area contributed by atoms with Gasteiger partial charge in [-0.25, -0.2) is 12.7 Å². The Labute approximate surface area is 155 Å². The molecule has 144 valence electrons. The molecule has 2 N–H and O–H groups in total. The van der Waals surface area contributed by atoms with E-state index >= 15 is 0 Å². The predicted octanol–water partition coefficient (Wildman–Crippen LogP) is 1.99. The van der Waals surface area contributed by atoms with Crippen LogP contribution in [0.3, 0.4) is 0 Å². The highest BCUT2D eigenvalue weighted by Gasteiger charge is 2.25. The molecule has 0 saturated carbocycles. The number of likely N-dealkylation sites (N-methyl/N-ethyl adjacent to an activating group) is 1. The average molecular weight is 380 g/mol. The number of aromatic amines is 1. The molecule has 0 aliphatic carbocycles. The number of hydrogen-bond donors (Lipinski definition) is 2. The van der Waals surface area contributed by atoms with Crippen molar-refractivity contribution in [1.82, 2.24) is 14.2 Å². The zero-order valence-corrected chi connectivity index (χ0v) is 16.2. The number of aromatic nitrogens is 1. The topological polar surface area (TPSA) is 76.6 Å². The summed E-state index contributed by atoms with van der Waals surface area (Å²) in [6.45, 7) is 5.19. The summed E-state index contributed by atoms with van der Waals surface area (Å²) in [5.74, 6) is 0.367. The normalized spacial score (nSPS) is 17.3. The number of likely N-dealkylation sites (tertiary alicyclic amines) is 1. The molecule has 1 aliphatic heterocycles. The van der Waals surface area contributed by atoms with Crippen LogP contribution in [0.15, 0.2) is 30.5 Å². The smallest absolute Gasteiger partial charge is 0.216 e. The number of piperidine rings is 1. The molecular weight excluding hydrogens is 350 g/mol. The van der Waals surface area contributed by atoms with Gasteiger partial charge in [-0.3, -0.25) is 0 Å². The Hall–Kier alpha value is -1.41. The van der Waals surface area contributed by atoms with Gasteiger partial charge in [0.15, 0.2) is 0 Å². The third-order valence-electron chi connectivity index (χ3n) is 5.41. The Morgan fingerprint density at radius 1 is 1.27 bits per heavy atom. The first-order valence-electron chi connectivity index (χ1n) is 9.42. The highest BCUT2D eigenvalue weighted by atomic mass is 32.2. The Morgan fingerprint density at radius 3 is 2.69 bits per heavy atom. The first-order valence-corrected chi connectivity index (χ1v) is 11.0. The molecule has 0 radical (unpaired) electrons. The molecule has 2 heterocycles. The van der Waals surface area contributed by atoms with E-state index in [4.69, 9.17) is 5.11 Å². The fraction of sp³-hybridized carbons (Fsp3) is 0.579. The molecule has 6 nitrogen and oxygen atoms in total. The van der Waals surface area contributed by atoms with Gasteiger partial charge in [-0.2, -0.15) is 0 Å². The van der Waals surface area contributed by atoms with Crippen molar-refractivity contribution in [3.05, 3.63) is 36.0 Å². The van der Waals surface area contributed by atoms with Crippen LogP contribution in [0, 0.1) is 0 Å². The first kappa shape index (κ1) is 19.4. The minimum atomic E-state index is -3.34. The van der Waals surface area contributed by atoms with E-state index in [0.29, 0.717) is 19.0 Å². The van der Waals surface area contributed by atoms with Gasteiger partial charge in [-0.05, 0) is 43.5 Å². The van der Waals surface area contributed by atoms with E-state index in [-0.39, 0.29) is 12.4 Å². The van der Waals surface area contributed by atoms with Gasteiger partial charge in [0.25, 0.3) is 0 Å². The Bertz CT molecular complexity index is 810. The molecular formula is C19H29N3O3S. The second-order valence-electron chi connectivity index (χ2n) is 6.94. The van der Waals surface area contributed by atoms with Crippen LogP contribution in [-0.2, 0) is 10.0 Å². The summed E-state index contributed by atoms with van der Waals surface area (Å²) in [4.78, 5) is 5.72. The minimum absolute atomic E-state index is 0.191. The van der Waals surface area contributed by atoms with E-state index in [1.165, 1.54) is 20.8 Å². The Kier molecular flexibility index (Phi) is 6.34. The second-order valence-corrected chi connectivity index (χ2v) is 9.03. The van der Waals surface area contributed by atoms with Crippen molar-refractivity contribution < 1.29 is 13.5 Å². The summed E-state index contributed by atoms with van der Waals surface area (Å²) >= 11 is 0. The maximum Gasteiger partial charge on any atom is 0.216 e. The summed E-state index contributed by atoms with van der Waals surface area (Å²) < 4.78 is 25.7. The van der Waals surface area contributed by atoms with Crippen LogP contribution >= 0.6 is 0 Å². The van der Waals surface area contributed by atoms with Crippen LogP contribution in [0.25, 0.3) is 10.9 Å². The number of aliphatic hydroxyl groups is 1. The second kappa shape index (κ2) is 8.52. The van der Waals surface area contributed by atoms with E-state index in [1.807, 2.05) is 6.92 Å². The Balaban J connectivity index is 1.54. The molecule has 0 amide bonds. The molecule has 1 fully saturated rings. The quantitative estimate of drug-likeness (QED) is 0.735. The van der Waals surface area contributed by atoms with Gasteiger partial charge >= 0.3 is 0 Å². The third-order valence-corrected chi connectivity index (χ3v) is 7.34. The highest BCUT2D eigenvalue weighted by molar-refractivity contribution is 7.89. The molecule has 0 bridgehead atoms. The van der Waals surface area contributed by atoms with Gasteiger partial charge in [0.05, 0.1) is 12.4 Å². The van der Waals surface area contributed by atoms with E-state index in [2.05, 4.69) is 40.3 Å². The fourth-order valence-electron chi connectivity index (χ4n) is 3.89. The SMILES string of the molecule is CCN(CCN1CCC(c2c[nH]c3ccccc23)CC1)S(=O)(=O)CCO. The van der Waals surface area contributed by atoms with E-state index in [1.54, 1.807) is 0 Å². The van der Waals surface area contributed by atoms with Crippen LogP contribution in [0.4, 0.5) is 0 Å². The molecule has 3 rings (SSSR count). The number of rotatable bonds is 8. The van der Waals surface area contributed by atoms with Gasteiger partial charge in [0.2, 0.25) is 10.0 Å². The molecule has 1 aliphatic rings. The van der Waals surface area contributed by atoms with Crippen LogP contribution < -0.4 is 0 Å². The van der Waals surface area contributed by atoms with Gasteiger partial charge in [0.1, 0.15) is 0 Å². The summed E-state index contributed by atoms with van der Waals surface area (Å²) in [6, 6.07) is 8.43. The summed E-state index contributed by atoms with van der Waals surface area (Å²) in [5, 5.41) is 10.3. The van der Waals surface area contributed by atoms with Gasteiger partial charge in [-0.15, -0.1) is 0 Å². The lowest BCUT2D eigenvalue weighted by Gasteiger charge is -2.33. The molecule has 1 aromatic carbocycles. The van der Waals surface area contributed by atoms with Crippen molar-refractivity contribution >= 4 is 20.9 Å². The van der Waals surface area contributed by atoms with Crippen molar-refractivity contribution in [2.24, 2.45) is 0 Å². The van der Waals surface area contributed by atoms with Crippen LogP contribution in [0.1, 0.15) is 31.2 Å². The van der Waals surface area contributed by atoms with Crippen LogP contribution in [0.5, 0.6) is 0 Å². The number of fused-ring (bicyclic) bond motifs is 1. The molecule has 0 atom stereocenters. The highest BCUT2D eigenvalue weighted by Crippen LogP contribution is 2.32. The van der Waals surface area contributed by atoms with Crippen LogP contribution in [-0.4, -0.2) is 72.8 Å². The van der Waals surface area contributed by atoms with Crippen molar-refractivity contribution in [3.63, 3.8) is 0 Å². The number of aliphatic hydroxyl groups excluding tert-OH is 1. The first-order chi connectivity index (χ1) is 12.5. The molecule has 0 spiro atoms. The number of nitrogens with one attached hydrogen (secondary N) is 1. The van der Waals surface area contributed by atoms with E-state index in [9.17, 15) is 8.42 Å². The standard InChI is InChI=1S/C19H29N3O3S/c1-2-22(26(24,25)14-13-23)12-11-21-9-7-16(8-10-21)18-15-20-19-6-4-3-5-17(18)19/h3-6,15-16,20,23H,2,7-14H2,1H3. The Morgan fingerprint density at radius 2 is 2.00 bits per heavy atom. The summed E-state index contributed by atoms with van der Waals surface area (Å²) in [6.07, 6.45) is 4.33. The maximum absolute atomic E-state index is 12.1. The van der Waals surface area contributed by atoms with Crippen molar-refractivity contribution in [2.75, 3.05) is 45.1 Å². The van der Waals surface area contributed by atoms with E-state index in [0.717, 1.165) is 32.5 Å². The number of nitrogens with zero attached hydrogens (tertiary/aromatic N) is 2. The number of para-hydroxylation sites is 1. The third kappa shape index (κ3) is 4.28. The monoisotopic (exact) mass is 379 g/mol. The number of benzene rings is 1. The fourth-order valence-corrected chi connectivity index (χ4v) is 5.13. The van der Waals surface area contributed by atoms with Gasteiger partial charge in [-0.1, -0.05) is 25.1 Å². The molecule has 1 saturated heterocycles. The zero-order valence-electron chi connectivity index (χ0n) is 15.4. The molecule has 1 aromatic heterocycles. The summed E-state index contributed by atoms with van der Waals surface area (Å²) in [7, 11) is -3.34. The molecule has 7 heteroatoms. The summed E-state index contributed by atoms with van der Waals surface area (Å²) in [5.41, 5.74) is 2.60. The lowest BCUT2D eigenvalue weighted by atomic mass is 9.89. The largest absolute Gasteiger partial charge is 0.395 e. The van der Waals surface area contributed by atoms with Gasteiger partial charge < -0.3 is 15.0 Å². The van der Waals surface area contributed by atoms with Crippen molar-refractivity contribution in [1.29, 1.82) is 0 Å². The zero-order chi connectivity index (χ0) is 18.6. The number of sulfonamides is 1. The molecule has 2 aromatic rings. The van der Waals surface area contributed by atoms with Crippen LogP contribution in [0.2, 0.25) is 0 Å².